The van der Waals surface area contributed by atoms with E-state index in [0.29, 0.717) is 28.2 Å². The Bertz CT molecular complexity index is 1750. The van der Waals surface area contributed by atoms with Gasteiger partial charge in [0.1, 0.15) is 17.3 Å². The Labute approximate surface area is 237 Å². The number of halogens is 1. The molecule has 0 spiro atoms. The first-order valence-corrected chi connectivity index (χ1v) is 13.2. The number of carbonyl (C=O) groups excluding carboxylic acids is 1. The maximum Gasteiger partial charge on any atom is 0.255 e. The number of methoxy groups -OCH3 is 2. The van der Waals surface area contributed by atoms with Gasteiger partial charge in [0.2, 0.25) is 0 Å². The number of nitrogens with one attached hydrogen (secondary N) is 2. The third-order valence-electron chi connectivity index (χ3n) is 5.93. The summed E-state index contributed by atoms with van der Waals surface area (Å²) in [4.78, 5) is 22.0. The number of carbonyl (C=O) groups is 1. The van der Waals surface area contributed by atoms with Gasteiger partial charge in [-0.15, -0.1) is 0 Å². The lowest BCUT2D eigenvalue weighted by molar-refractivity contribution is 0.102. The molecule has 0 saturated carbocycles. The van der Waals surface area contributed by atoms with Crippen molar-refractivity contribution in [2.45, 2.75) is 0 Å². The van der Waals surface area contributed by atoms with Crippen LogP contribution in [0.5, 0.6) is 11.5 Å². The molecule has 0 aliphatic heterocycles. The molecule has 5 rings (SSSR count). The van der Waals surface area contributed by atoms with Gasteiger partial charge in [-0.2, -0.15) is 0 Å². The molecular formula is C29H23FN5O5S-. The van der Waals surface area contributed by atoms with Crippen molar-refractivity contribution in [3.8, 4) is 11.5 Å². The number of hydrogen-bond donors (Lipinski definition) is 2. The summed E-state index contributed by atoms with van der Waals surface area (Å²) in [7, 11) is 3.03. The Morgan fingerprint density at radius 3 is 2.20 bits per heavy atom. The van der Waals surface area contributed by atoms with Crippen LogP contribution >= 0.6 is 0 Å². The molecule has 5 aromatic rings. The maximum absolute atomic E-state index is 13.6. The molecule has 0 bridgehead atoms. The molecule has 12 heteroatoms. The minimum absolute atomic E-state index is 0.0209. The van der Waals surface area contributed by atoms with Crippen LogP contribution in [0.1, 0.15) is 10.4 Å². The van der Waals surface area contributed by atoms with Crippen molar-refractivity contribution in [1.29, 1.82) is 0 Å². The Kier molecular flexibility index (Phi) is 8.04. The minimum atomic E-state index is -2.86. The lowest BCUT2D eigenvalue weighted by Gasteiger charge is -2.27. The summed E-state index contributed by atoms with van der Waals surface area (Å²) in [5.41, 5.74) is 2.07. The average Bonchev–Trinajstić information content (AvgIpc) is 2.97. The van der Waals surface area contributed by atoms with Crippen LogP contribution < -0.4 is 24.4 Å². The van der Waals surface area contributed by atoms with Gasteiger partial charge in [-0.25, -0.2) is 14.4 Å². The van der Waals surface area contributed by atoms with Gasteiger partial charge in [0, 0.05) is 35.1 Å². The lowest BCUT2D eigenvalue weighted by atomic mass is 10.2. The number of para-hydroxylation sites is 2. The number of hydrogen-bond acceptors (Lipinski definition) is 8. The zero-order valence-corrected chi connectivity index (χ0v) is 22.6. The van der Waals surface area contributed by atoms with Gasteiger partial charge in [0.05, 0.1) is 42.2 Å². The molecule has 1 aromatic heterocycles. The van der Waals surface area contributed by atoms with Gasteiger partial charge in [-0.1, -0.05) is 24.3 Å². The van der Waals surface area contributed by atoms with E-state index in [9.17, 15) is 17.9 Å². The molecule has 10 nitrogen and oxygen atoms in total. The highest BCUT2D eigenvalue weighted by molar-refractivity contribution is 7.81. The molecule has 0 saturated heterocycles. The van der Waals surface area contributed by atoms with Gasteiger partial charge >= 0.3 is 0 Å². The van der Waals surface area contributed by atoms with E-state index < -0.39 is 23.0 Å². The number of anilines is 5. The maximum atomic E-state index is 13.6. The van der Waals surface area contributed by atoms with Crippen LogP contribution in [-0.2, 0) is 11.3 Å². The van der Waals surface area contributed by atoms with Crippen LogP contribution in [-0.4, -0.2) is 38.9 Å². The first-order valence-electron chi connectivity index (χ1n) is 12.2. The van der Waals surface area contributed by atoms with Crippen molar-refractivity contribution in [3.63, 3.8) is 0 Å². The van der Waals surface area contributed by atoms with Crippen molar-refractivity contribution < 1.29 is 27.4 Å². The number of fused-ring (bicyclic) bond motifs is 1. The van der Waals surface area contributed by atoms with E-state index in [-0.39, 0.29) is 28.6 Å². The van der Waals surface area contributed by atoms with Gasteiger partial charge < -0.3 is 24.7 Å². The first kappa shape index (κ1) is 27.5. The van der Waals surface area contributed by atoms with E-state index >= 15 is 0 Å². The topological polar surface area (TPSA) is 129 Å². The van der Waals surface area contributed by atoms with Crippen molar-refractivity contribution >= 4 is 56.9 Å². The lowest BCUT2D eigenvalue weighted by Crippen LogP contribution is -2.23. The van der Waals surface area contributed by atoms with Crippen LogP contribution in [0.25, 0.3) is 11.0 Å². The molecule has 0 aliphatic rings. The zero-order chi connectivity index (χ0) is 28.9. The predicted octanol–water partition coefficient (Wildman–Crippen LogP) is 5.71. The normalized spacial score (nSPS) is 11.5. The summed E-state index contributed by atoms with van der Waals surface area (Å²) in [6.07, 6.45) is 0. The standard InChI is InChI=1S/C29H24FN5O5S/c1-39-23-15-21(16-24(17-23)40-2)31-27-28(34-26-12-4-3-11-25(26)33-27)35(41(37)38)22-10-6-9-20(14-22)32-29(36)18-7-5-8-19(30)13-18/h3-17H,1-2H3,(H,31,33)(H,32,36)(H,37,38)/p-1. The largest absolute Gasteiger partial charge is 0.755 e. The molecule has 1 atom stereocenters. The summed E-state index contributed by atoms with van der Waals surface area (Å²) in [6.45, 7) is 0. The highest BCUT2D eigenvalue weighted by atomic mass is 32.2. The Hall–Kier alpha value is -5.07. The molecule has 0 fully saturated rings. The third-order valence-corrected chi connectivity index (χ3v) is 6.62. The van der Waals surface area contributed by atoms with Crippen molar-refractivity contribution in [1.82, 2.24) is 9.97 Å². The number of nitrogens with zero attached hydrogens (tertiary/aromatic N) is 3. The molecule has 208 valence electrons. The first-order chi connectivity index (χ1) is 19.8. The average molecular weight is 573 g/mol. The summed E-state index contributed by atoms with van der Waals surface area (Å²) in [5.74, 6) is 0.0188. The quantitative estimate of drug-likeness (QED) is 0.215. The number of benzene rings is 4. The fourth-order valence-corrected chi connectivity index (χ4v) is 4.61. The van der Waals surface area contributed by atoms with E-state index in [1.165, 1.54) is 38.5 Å². The second-order valence-corrected chi connectivity index (χ2v) is 9.44. The molecular weight excluding hydrogens is 549 g/mol. The summed E-state index contributed by atoms with van der Waals surface area (Å²) >= 11 is -2.86. The zero-order valence-electron chi connectivity index (χ0n) is 21.8. The molecule has 0 aliphatic carbocycles. The van der Waals surface area contributed by atoms with E-state index in [4.69, 9.17) is 9.47 Å². The van der Waals surface area contributed by atoms with Gasteiger partial charge in [0.15, 0.2) is 11.6 Å². The van der Waals surface area contributed by atoms with E-state index in [0.717, 1.165) is 10.4 Å². The van der Waals surface area contributed by atoms with Crippen molar-refractivity contribution in [3.05, 3.63) is 102 Å². The smallest absolute Gasteiger partial charge is 0.255 e. The highest BCUT2D eigenvalue weighted by Gasteiger charge is 2.21. The van der Waals surface area contributed by atoms with Gasteiger partial charge in [0.25, 0.3) is 5.91 Å². The number of ether oxygens (including phenoxy) is 2. The van der Waals surface area contributed by atoms with E-state index in [1.54, 1.807) is 60.7 Å². The molecule has 1 heterocycles. The SMILES string of the molecule is COc1cc(Nc2nc3ccccc3nc2N(c2cccc(NC(=O)c3cccc(F)c3)c2)S(=O)[O-])cc(OC)c1. The fraction of sp³-hybridized carbons (Fsp3) is 0.0690. The van der Waals surface area contributed by atoms with Gasteiger partial charge in [-0.05, 0) is 48.5 Å². The van der Waals surface area contributed by atoms with Crippen LogP contribution in [0.2, 0.25) is 0 Å². The fourth-order valence-electron chi connectivity index (χ4n) is 4.05. The van der Waals surface area contributed by atoms with Crippen LogP contribution in [0, 0.1) is 5.82 Å². The number of aromatic nitrogens is 2. The Morgan fingerprint density at radius 2 is 1.54 bits per heavy atom. The molecule has 2 N–H and O–H groups in total. The van der Waals surface area contributed by atoms with E-state index in [2.05, 4.69) is 20.6 Å². The highest BCUT2D eigenvalue weighted by Crippen LogP contribution is 2.36. The molecule has 1 unspecified atom stereocenters. The Balaban J connectivity index is 1.57. The molecule has 0 radical (unpaired) electrons. The summed E-state index contributed by atoms with van der Waals surface area (Å²) < 4.78 is 50.7. The number of rotatable bonds is 9. The van der Waals surface area contributed by atoms with Gasteiger partial charge in [-0.3, -0.25) is 13.3 Å². The summed E-state index contributed by atoms with van der Waals surface area (Å²) in [6, 6.07) is 23.5. The van der Waals surface area contributed by atoms with Crippen LogP contribution in [0.3, 0.4) is 0 Å². The monoisotopic (exact) mass is 572 g/mol. The predicted molar refractivity (Wildman–Crippen MR) is 154 cm³/mol. The third kappa shape index (κ3) is 6.24. The van der Waals surface area contributed by atoms with Crippen molar-refractivity contribution in [2.24, 2.45) is 0 Å². The minimum Gasteiger partial charge on any atom is -0.755 e. The molecule has 41 heavy (non-hydrogen) atoms. The van der Waals surface area contributed by atoms with Crippen molar-refractivity contribution in [2.75, 3.05) is 29.2 Å². The summed E-state index contributed by atoms with van der Waals surface area (Å²) in [5, 5.41) is 5.81. The second-order valence-electron chi connectivity index (χ2n) is 8.64. The van der Waals surface area contributed by atoms with E-state index in [1.807, 2.05) is 0 Å². The molecule has 4 aromatic carbocycles. The van der Waals surface area contributed by atoms with Crippen LogP contribution in [0.4, 0.5) is 33.1 Å². The molecule has 1 amide bonds. The second kappa shape index (κ2) is 12.0. The number of amides is 1. The van der Waals surface area contributed by atoms with Crippen LogP contribution in [0.15, 0.2) is 91.0 Å². The Morgan fingerprint density at radius 1 is 0.854 bits per heavy atom.